The minimum absolute atomic E-state index is 0.0634. The van der Waals surface area contributed by atoms with Gasteiger partial charge in [0.15, 0.2) is 8.29 Å². The molecule has 1 atom stereocenters. The minimum atomic E-state index is 0.0634. The fourth-order valence-electron chi connectivity index (χ4n) is 2.24. The molecule has 0 bridgehead atoms. The van der Waals surface area contributed by atoms with Crippen LogP contribution in [0.5, 0.6) is 0 Å². The predicted molar refractivity (Wildman–Crippen MR) is 85.4 cm³/mol. The van der Waals surface area contributed by atoms with Crippen molar-refractivity contribution < 1.29 is 4.79 Å². The van der Waals surface area contributed by atoms with Crippen LogP contribution in [0.4, 0.5) is 0 Å². The molecule has 20 heavy (non-hydrogen) atoms. The summed E-state index contributed by atoms with van der Waals surface area (Å²) in [5.41, 5.74) is 0.968. The van der Waals surface area contributed by atoms with E-state index in [1.54, 1.807) is 16.4 Å². The summed E-state index contributed by atoms with van der Waals surface area (Å²) in [5, 5.41) is 4.61. The third-order valence-electron chi connectivity index (χ3n) is 3.27. The molecular formula is C14H14N2OS3. The van der Waals surface area contributed by atoms with Crippen molar-refractivity contribution in [1.82, 2.24) is 9.78 Å². The Balaban J connectivity index is 1.82. The van der Waals surface area contributed by atoms with Crippen molar-refractivity contribution in [1.29, 1.82) is 0 Å². The van der Waals surface area contributed by atoms with Gasteiger partial charge in [-0.1, -0.05) is 47.7 Å². The van der Waals surface area contributed by atoms with Crippen LogP contribution in [-0.2, 0) is 4.79 Å². The van der Waals surface area contributed by atoms with Gasteiger partial charge in [-0.3, -0.25) is 4.79 Å². The zero-order valence-corrected chi connectivity index (χ0v) is 13.3. The second-order valence-corrected chi connectivity index (χ2v) is 7.77. The molecule has 104 valence electrons. The molecule has 6 heteroatoms. The van der Waals surface area contributed by atoms with Gasteiger partial charge in [0.1, 0.15) is 5.78 Å². The van der Waals surface area contributed by atoms with Gasteiger partial charge >= 0.3 is 0 Å². The van der Waals surface area contributed by atoms with Crippen LogP contribution >= 0.6 is 35.3 Å². The first-order valence-corrected chi connectivity index (χ1v) is 8.69. The summed E-state index contributed by atoms with van der Waals surface area (Å²) in [4.78, 5) is 11.9. The Bertz CT molecular complexity index is 663. The van der Waals surface area contributed by atoms with Crippen molar-refractivity contribution in [2.45, 2.75) is 35.3 Å². The van der Waals surface area contributed by atoms with Crippen LogP contribution in [0.25, 0.3) is 5.69 Å². The summed E-state index contributed by atoms with van der Waals surface area (Å²) in [7, 11) is 0. The van der Waals surface area contributed by atoms with Gasteiger partial charge in [0.25, 0.3) is 0 Å². The molecule has 0 aliphatic heterocycles. The molecular weight excluding hydrogens is 308 g/mol. The molecule has 1 aromatic heterocycles. The molecule has 3 rings (SSSR count). The maximum absolute atomic E-state index is 11.9. The summed E-state index contributed by atoms with van der Waals surface area (Å²) in [6.45, 7) is 0. The van der Waals surface area contributed by atoms with Gasteiger partial charge in [-0.2, -0.15) is 0 Å². The number of carbonyl (C=O) groups excluding carboxylic acids is 1. The molecule has 1 fully saturated rings. The third-order valence-corrected chi connectivity index (χ3v) is 5.90. The summed E-state index contributed by atoms with van der Waals surface area (Å²) in [5.74, 6) is 0.355. The number of thioether (sulfide) groups is 1. The van der Waals surface area contributed by atoms with Gasteiger partial charge in [0.2, 0.25) is 0 Å². The van der Waals surface area contributed by atoms with Crippen molar-refractivity contribution in [3.63, 3.8) is 0 Å². The largest absolute Gasteiger partial charge is 0.298 e. The maximum Gasteiger partial charge on any atom is 0.184 e. The number of carbonyl (C=O) groups is 1. The summed E-state index contributed by atoms with van der Waals surface area (Å²) >= 11 is 8.43. The summed E-state index contributed by atoms with van der Waals surface area (Å²) < 4.78 is 3.39. The number of nitrogens with zero attached hydrogens (tertiary/aromatic N) is 2. The quantitative estimate of drug-likeness (QED) is 0.791. The van der Waals surface area contributed by atoms with Crippen molar-refractivity contribution in [3.05, 3.63) is 34.3 Å². The second kappa shape index (κ2) is 6.20. The molecule has 1 heterocycles. The first-order chi connectivity index (χ1) is 9.74. The van der Waals surface area contributed by atoms with Crippen LogP contribution in [0.1, 0.15) is 25.7 Å². The molecule has 1 aromatic carbocycles. The zero-order valence-electron chi connectivity index (χ0n) is 10.8. The Labute approximate surface area is 131 Å². The first kappa shape index (κ1) is 14.0. The molecule has 0 amide bonds. The predicted octanol–water partition coefficient (Wildman–Crippen LogP) is 4.27. The van der Waals surface area contributed by atoms with E-state index in [1.165, 1.54) is 11.3 Å². The number of aromatic nitrogens is 2. The Morgan fingerprint density at radius 3 is 2.85 bits per heavy atom. The van der Waals surface area contributed by atoms with E-state index in [9.17, 15) is 4.79 Å². The van der Waals surface area contributed by atoms with Crippen molar-refractivity contribution in [2.75, 3.05) is 0 Å². The van der Waals surface area contributed by atoms with Gasteiger partial charge in [0, 0.05) is 6.42 Å². The zero-order chi connectivity index (χ0) is 13.9. The van der Waals surface area contributed by atoms with Crippen molar-refractivity contribution >= 4 is 41.1 Å². The molecule has 0 spiro atoms. The number of hydrogen-bond acceptors (Lipinski definition) is 5. The van der Waals surface area contributed by atoms with Crippen LogP contribution in [-0.4, -0.2) is 20.8 Å². The highest BCUT2D eigenvalue weighted by Crippen LogP contribution is 2.33. The fraction of sp³-hybridized carbons (Fsp3) is 0.357. The Kier molecular flexibility index (Phi) is 4.33. The molecule has 0 radical (unpaired) electrons. The number of benzene rings is 1. The number of hydrogen-bond donors (Lipinski definition) is 0. The SMILES string of the molecule is O=C1CCCC[C@@H]1Sc1nn(-c2ccccc2)c(=S)s1. The lowest BCUT2D eigenvalue weighted by Crippen LogP contribution is -2.21. The van der Waals surface area contributed by atoms with Crippen LogP contribution in [0.3, 0.4) is 0 Å². The van der Waals surface area contributed by atoms with E-state index < -0.39 is 0 Å². The monoisotopic (exact) mass is 322 g/mol. The van der Waals surface area contributed by atoms with E-state index in [1.807, 2.05) is 30.3 Å². The van der Waals surface area contributed by atoms with Gasteiger partial charge < -0.3 is 0 Å². The number of Topliss-reactive ketones (excluding diaryl/α,β-unsaturated/α-hetero) is 1. The van der Waals surface area contributed by atoms with Gasteiger partial charge in [-0.25, -0.2) is 4.68 Å². The molecule has 1 aliphatic carbocycles. The Morgan fingerprint density at radius 1 is 1.30 bits per heavy atom. The van der Waals surface area contributed by atoms with E-state index >= 15 is 0 Å². The van der Waals surface area contributed by atoms with E-state index in [0.29, 0.717) is 12.2 Å². The number of rotatable bonds is 3. The molecule has 1 saturated carbocycles. The van der Waals surface area contributed by atoms with Crippen LogP contribution in [0.15, 0.2) is 34.7 Å². The normalized spacial score (nSPS) is 19.2. The third kappa shape index (κ3) is 3.02. The standard InChI is InChI=1S/C14H14N2OS3/c17-11-8-4-5-9-12(11)19-13-15-16(14(18)20-13)10-6-2-1-3-7-10/h1-3,6-7,12H,4-5,8-9H2/t12-/m0/s1. The van der Waals surface area contributed by atoms with Gasteiger partial charge in [0.05, 0.1) is 10.9 Å². The highest BCUT2D eigenvalue weighted by atomic mass is 32.2. The van der Waals surface area contributed by atoms with Crippen molar-refractivity contribution in [2.24, 2.45) is 0 Å². The fourth-order valence-corrected chi connectivity index (χ4v) is 4.97. The van der Waals surface area contributed by atoms with E-state index in [0.717, 1.165) is 33.2 Å². The lowest BCUT2D eigenvalue weighted by molar-refractivity contribution is -0.119. The van der Waals surface area contributed by atoms with Crippen LogP contribution in [0.2, 0.25) is 0 Å². The molecule has 0 N–H and O–H groups in total. The molecule has 0 saturated heterocycles. The smallest absolute Gasteiger partial charge is 0.184 e. The van der Waals surface area contributed by atoms with E-state index in [4.69, 9.17) is 12.2 Å². The van der Waals surface area contributed by atoms with E-state index in [-0.39, 0.29) is 5.25 Å². The summed E-state index contributed by atoms with van der Waals surface area (Å²) in [6, 6.07) is 9.86. The van der Waals surface area contributed by atoms with Crippen LogP contribution < -0.4 is 0 Å². The maximum atomic E-state index is 11.9. The number of para-hydroxylation sites is 1. The van der Waals surface area contributed by atoms with Gasteiger partial charge in [-0.05, 0) is 37.2 Å². The highest BCUT2D eigenvalue weighted by molar-refractivity contribution is 8.02. The Morgan fingerprint density at radius 2 is 2.10 bits per heavy atom. The lowest BCUT2D eigenvalue weighted by Gasteiger charge is -2.18. The molecule has 3 nitrogen and oxygen atoms in total. The molecule has 2 aromatic rings. The second-order valence-electron chi connectivity index (χ2n) is 4.70. The summed E-state index contributed by atoms with van der Waals surface area (Å²) in [6.07, 6.45) is 3.84. The Hall–Kier alpha value is -0.980. The lowest BCUT2D eigenvalue weighted by atomic mass is 9.99. The van der Waals surface area contributed by atoms with Crippen LogP contribution in [0, 0.1) is 3.95 Å². The van der Waals surface area contributed by atoms with Crippen molar-refractivity contribution in [3.8, 4) is 5.69 Å². The average Bonchev–Trinajstić information content (AvgIpc) is 2.83. The molecule has 0 unspecified atom stereocenters. The van der Waals surface area contributed by atoms with Gasteiger partial charge in [-0.15, -0.1) is 5.10 Å². The minimum Gasteiger partial charge on any atom is -0.298 e. The first-order valence-electron chi connectivity index (χ1n) is 6.59. The molecule has 1 aliphatic rings. The number of ketones is 1. The van der Waals surface area contributed by atoms with E-state index in [2.05, 4.69) is 5.10 Å². The topological polar surface area (TPSA) is 34.9 Å². The highest BCUT2D eigenvalue weighted by Gasteiger charge is 2.24. The average molecular weight is 322 g/mol.